The van der Waals surface area contributed by atoms with Gasteiger partial charge in [-0.1, -0.05) is 12.1 Å². The van der Waals surface area contributed by atoms with Crippen molar-refractivity contribution < 1.29 is 23.0 Å². The number of nitrogens with one attached hydrogen (secondary N) is 1. The Hall–Kier alpha value is -1.89. The molecule has 1 unspecified atom stereocenters. The fourth-order valence-corrected chi connectivity index (χ4v) is 2.06. The summed E-state index contributed by atoms with van der Waals surface area (Å²) in [4.78, 5) is 13.7. The van der Waals surface area contributed by atoms with Gasteiger partial charge < -0.3 is 19.7 Å². The number of nitrogens with zero attached hydrogens (tertiary/aromatic N) is 1. The van der Waals surface area contributed by atoms with Gasteiger partial charge in [0, 0.05) is 13.1 Å². The molecule has 0 aliphatic carbocycles. The van der Waals surface area contributed by atoms with Gasteiger partial charge in [-0.2, -0.15) is 8.78 Å². The smallest absolute Gasteiger partial charge is 0.387 e. The molecule has 1 aliphatic rings. The lowest BCUT2D eigenvalue weighted by atomic mass is 10.1. The van der Waals surface area contributed by atoms with E-state index in [1.807, 2.05) is 6.92 Å². The molecule has 0 saturated carbocycles. The molecule has 21 heavy (non-hydrogen) atoms. The van der Waals surface area contributed by atoms with Crippen LogP contribution in [0.15, 0.2) is 24.3 Å². The summed E-state index contributed by atoms with van der Waals surface area (Å²) in [7, 11) is 0. The second-order valence-electron chi connectivity index (χ2n) is 4.72. The molecule has 0 bridgehead atoms. The van der Waals surface area contributed by atoms with Gasteiger partial charge in [0.15, 0.2) is 0 Å². The first-order valence-corrected chi connectivity index (χ1v) is 6.74. The highest BCUT2D eigenvalue weighted by Gasteiger charge is 2.18. The van der Waals surface area contributed by atoms with Gasteiger partial charge in [-0.15, -0.1) is 0 Å². The first-order valence-electron chi connectivity index (χ1n) is 6.74. The molecule has 0 aromatic heterocycles. The summed E-state index contributed by atoms with van der Waals surface area (Å²) >= 11 is 0. The molecule has 0 radical (unpaired) electrons. The van der Waals surface area contributed by atoms with E-state index in [9.17, 15) is 13.6 Å². The number of amides is 2. The molecule has 2 amide bonds. The van der Waals surface area contributed by atoms with E-state index in [-0.39, 0.29) is 17.8 Å². The molecule has 1 aromatic rings. The number of hydrogen-bond acceptors (Lipinski definition) is 3. The zero-order valence-corrected chi connectivity index (χ0v) is 11.7. The van der Waals surface area contributed by atoms with Crippen LogP contribution in [0.5, 0.6) is 5.75 Å². The van der Waals surface area contributed by atoms with Gasteiger partial charge in [-0.25, -0.2) is 4.79 Å². The van der Waals surface area contributed by atoms with Gasteiger partial charge in [0.05, 0.1) is 19.3 Å². The van der Waals surface area contributed by atoms with Crippen molar-refractivity contribution in [3.05, 3.63) is 29.8 Å². The van der Waals surface area contributed by atoms with Crippen LogP contribution in [0.25, 0.3) is 0 Å². The van der Waals surface area contributed by atoms with Crippen molar-refractivity contribution in [1.82, 2.24) is 10.2 Å². The number of hydrogen-bond donors (Lipinski definition) is 1. The largest absolute Gasteiger partial charge is 0.435 e. The third-order valence-electron chi connectivity index (χ3n) is 3.24. The summed E-state index contributed by atoms with van der Waals surface area (Å²) in [6, 6.07) is 5.85. The summed E-state index contributed by atoms with van der Waals surface area (Å²) in [5, 5.41) is 2.87. The highest BCUT2D eigenvalue weighted by molar-refractivity contribution is 5.74. The Labute approximate surface area is 121 Å². The van der Waals surface area contributed by atoms with Gasteiger partial charge in [-0.3, -0.25) is 0 Å². The van der Waals surface area contributed by atoms with Gasteiger partial charge in [-0.05, 0) is 24.6 Å². The van der Waals surface area contributed by atoms with Crippen LogP contribution in [0.2, 0.25) is 0 Å². The monoisotopic (exact) mass is 300 g/mol. The van der Waals surface area contributed by atoms with E-state index in [2.05, 4.69) is 10.1 Å². The van der Waals surface area contributed by atoms with Gasteiger partial charge in [0.1, 0.15) is 5.75 Å². The number of alkyl halides is 2. The molecule has 1 heterocycles. The number of morpholine rings is 1. The Morgan fingerprint density at radius 2 is 1.90 bits per heavy atom. The minimum atomic E-state index is -2.84. The van der Waals surface area contributed by atoms with Crippen LogP contribution in [0.4, 0.5) is 13.6 Å². The van der Waals surface area contributed by atoms with Crippen LogP contribution in [0.3, 0.4) is 0 Å². The minimum absolute atomic E-state index is 0.0976. The predicted molar refractivity (Wildman–Crippen MR) is 72.4 cm³/mol. The highest BCUT2D eigenvalue weighted by Crippen LogP contribution is 2.19. The van der Waals surface area contributed by atoms with Crippen LogP contribution >= 0.6 is 0 Å². The molecule has 116 valence electrons. The maximum Gasteiger partial charge on any atom is 0.387 e. The van der Waals surface area contributed by atoms with E-state index in [0.29, 0.717) is 26.3 Å². The average Bonchev–Trinajstić information content (AvgIpc) is 2.48. The average molecular weight is 300 g/mol. The van der Waals surface area contributed by atoms with Crippen LogP contribution in [0, 0.1) is 0 Å². The van der Waals surface area contributed by atoms with Crippen LogP contribution in [0.1, 0.15) is 18.5 Å². The molecular weight excluding hydrogens is 282 g/mol. The number of rotatable bonds is 4. The van der Waals surface area contributed by atoms with Crippen LogP contribution in [-0.4, -0.2) is 43.8 Å². The Kier molecular flexibility index (Phi) is 5.32. The van der Waals surface area contributed by atoms with Crippen molar-refractivity contribution in [2.75, 3.05) is 26.3 Å². The Morgan fingerprint density at radius 1 is 1.29 bits per heavy atom. The zero-order valence-electron chi connectivity index (χ0n) is 11.7. The third kappa shape index (κ3) is 4.56. The van der Waals surface area contributed by atoms with E-state index in [0.717, 1.165) is 5.56 Å². The van der Waals surface area contributed by atoms with Gasteiger partial charge in [0.2, 0.25) is 0 Å². The van der Waals surface area contributed by atoms with E-state index in [1.165, 1.54) is 12.1 Å². The maximum atomic E-state index is 12.1. The highest BCUT2D eigenvalue weighted by atomic mass is 19.3. The minimum Gasteiger partial charge on any atom is -0.435 e. The van der Waals surface area contributed by atoms with Crippen molar-refractivity contribution in [2.45, 2.75) is 19.6 Å². The molecule has 1 N–H and O–H groups in total. The molecule has 2 rings (SSSR count). The van der Waals surface area contributed by atoms with E-state index in [1.54, 1.807) is 17.0 Å². The lowest BCUT2D eigenvalue weighted by Gasteiger charge is -2.28. The SMILES string of the molecule is CC(NC(=O)N1CCOCC1)c1ccc(OC(F)F)cc1. The number of benzene rings is 1. The lowest BCUT2D eigenvalue weighted by molar-refractivity contribution is -0.0498. The standard InChI is InChI=1S/C14H18F2N2O3/c1-10(17-14(19)18-6-8-20-9-7-18)11-2-4-12(5-3-11)21-13(15)16/h2-5,10,13H,6-9H2,1H3,(H,17,19). The van der Waals surface area contributed by atoms with Crippen molar-refractivity contribution in [1.29, 1.82) is 0 Å². The Bertz CT molecular complexity index is 462. The third-order valence-corrected chi connectivity index (χ3v) is 3.24. The number of urea groups is 1. The molecule has 7 heteroatoms. The van der Waals surface area contributed by atoms with Crippen LogP contribution < -0.4 is 10.1 Å². The molecule has 1 atom stereocenters. The van der Waals surface area contributed by atoms with Gasteiger partial charge in [0.25, 0.3) is 0 Å². The Balaban J connectivity index is 1.90. The number of carbonyl (C=O) groups is 1. The summed E-state index contributed by atoms with van der Waals surface area (Å²) in [5.41, 5.74) is 0.818. The number of carbonyl (C=O) groups excluding carboxylic acids is 1. The van der Waals surface area contributed by atoms with Crippen LogP contribution in [-0.2, 0) is 4.74 Å². The van der Waals surface area contributed by atoms with Crippen molar-refractivity contribution >= 4 is 6.03 Å². The van der Waals surface area contributed by atoms with Crippen molar-refractivity contribution in [2.24, 2.45) is 0 Å². The molecular formula is C14H18F2N2O3. The normalized spacial score (nSPS) is 16.7. The fourth-order valence-electron chi connectivity index (χ4n) is 2.06. The summed E-state index contributed by atoms with van der Waals surface area (Å²) < 4.78 is 33.6. The first-order chi connectivity index (χ1) is 10.1. The second kappa shape index (κ2) is 7.21. The lowest BCUT2D eigenvalue weighted by Crippen LogP contribution is -2.46. The molecule has 1 saturated heterocycles. The summed E-state index contributed by atoms with van der Waals surface area (Å²) in [6.45, 7) is 1.22. The fraction of sp³-hybridized carbons (Fsp3) is 0.500. The molecule has 5 nitrogen and oxygen atoms in total. The molecule has 0 spiro atoms. The molecule has 1 aromatic carbocycles. The summed E-state index contributed by atoms with van der Waals surface area (Å²) in [5.74, 6) is 0.0976. The molecule has 1 aliphatic heterocycles. The maximum absolute atomic E-state index is 12.1. The topological polar surface area (TPSA) is 50.8 Å². The quantitative estimate of drug-likeness (QED) is 0.929. The number of halogens is 2. The number of ether oxygens (including phenoxy) is 2. The second-order valence-corrected chi connectivity index (χ2v) is 4.72. The Morgan fingerprint density at radius 3 is 2.48 bits per heavy atom. The van der Waals surface area contributed by atoms with Crippen molar-refractivity contribution in [3.63, 3.8) is 0 Å². The molecule has 1 fully saturated rings. The predicted octanol–water partition coefficient (Wildman–Crippen LogP) is 2.39. The van der Waals surface area contributed by atoms with E-state index < -0.39 is 6.61 Å². The zero-order chi connectivity index (χ0) is 15.2. The van der Waals surface area contributed by atoms with E-state index >= 15 is 0 Å². The summed E-state index contributed by atoms with van der Waals surface area (Å²) in [6.07, 6.45) is 0. The first kappa shape index (κ1) is 15.5. The van der Waals surface area contributed by atoms with Gasteiger partial charge >= 0.3 is 12.6 Å². The van der Waals surface area contributed by atoms with Crippen molar-refractivity contribution in [3.8, 4) is 5.75 Å². The van der Waals surface area contributed by atoms with E-state index in [4.69, 9.17) is 4.74 Å².